The van der Waals surface area contributed by atoms with Gasteiger partial charge in [-0.15, -0.1) is 0 Å². The van der Waals surface area contributed by atoms with Crippen molar-refractivity contribution in [2.45, 2.75) is 32.5 Å². The smallest absolute Gasteiger partial charge is 0.185 e. The molecule has 0 fully saturated rings. The van der Waals surface area contributed by atoms with E-state index in [1.807, 2.05) is 13.0 Å². The molecule has 0 aliphatic rings. The van der Waals surface area contributed by atoms with Crippen LogP contribution in [-0.4, -0.2) is 27.2 Å². The molecular weight excluding hydrogens is 272 g/mol. The Labute approximate surface area is 116 Å². The molecule has 0 saturated carbocycles. The highest BCUT2D eigenvalue weighted by Crippen LogP contribution is 2.27. The standard InChI is InChI=1S/C13H17ClO3S/c1-8-3-4-10(11(14)7-8)13(17)12(16)5-6-18-9(2)15/h3-4,7,12-13,16-17H,5-6H2,1-2H3. The van der Waals surface area contributed by atoms with Gasteiger partial charge in [-0.3, -0.25) is 4.79 Å². The largest absolute Gasteiger partial charge is 0.390 e. The van der Waals surface area contributed by atoms with Crippen molar-refractivity contribution >= 4 is 28.5 Å². The molecule has 1 rings (SSSR count). The van der Waals surface area contributed by atoms with Gasteiger partial charge in [0.1, 0.15) is 6.10 Å². The topological polar surface area (TPSA) is 57.5 Å². The van der Waals surface area contributed by atoms with Crippen molar-refractivity contribution in [3.8, 4) is 0 Å². The summed E-state index contributed by atoms with van der Waals surface area (Å²) in [6, 6.07) is 5.29. The summed E-state index contributed by atoms with van der Waals surface area (Å²) in [5.41, 5.74) is 1.51. The molecule has 2 N–H and O–H groups in total. The minimum absolute atomic E-state index is 0.00468. The highest BCUT2D eigenvalue weighted by atomic mass is 35.5. The molecule has 1 aromatic rings. The van der Waals surface area contributed by atoms with Crippen LogP contribution in [0, 0.1) is 6.92 Å². The predicted octanol–water partition coefficient (Wildman–Crippen LogP) is 2.71. The van der Waals surface area contributed by atoms with Crippen LogP contribution in [0.25, 0.3) is 0 Å². The van der Waals surface area contributed by atoms with Crippen LogP contribution < -0.4 is 0 Å². The summed E-state index contributed by atoms with van der Waals surface area (Å²) >= 11 is 7.16. The second-order valence-electron chi connectivity index (χ2n) is 4.17. The van der Waals surface area contributed by atoms with Gasteiger partial charge in [-0.25, -0.2) is 0 Å². The molecule has 1 aromatic carbocycles. The van der Waals surface area contributed by atoms with Gasteiger partial charge in [-0.1, -0.05) is 35.5 Å². The van der Waals surface area contributed by atoms with Crippen molar-refractivity contribution in [2.75, 3.05) is 5.75 Å². The molecule has 0 amide bonds. The Balaban J connectivity index is 2.62. The number of benzene rings is 1. The molecule has 0 spiro atoms. The molecule has 0 heterocycles. The van der Waals surface area contributed by atoms with Gasteiger partial charge in [0.2, 0.25) is 0 Å². The summed E-state index contributed by atoms with van der Waals surface area (Å²) in [6.07, 6.45) is -1.60. The number of hydrogen-bond donors (Lipinski definition) is 2. The Hall–Kier alpha value is -0.550. The van der Waals surface area contributed by atoms with Crippen LogP contribution in [0.2, 0.25) is 5.02 Å². The molecular formula is C13H17ClO3S. The summed E-state index contributed by atoms with van der Waals surface area (Å²) in [4.78, 5) is 10.8. The van der Waals surface area contributed by atoms with Crippen LogP contribution in [0.15, 0.2) is 18.2 Å². The first-order valence-electron chi connectivity index (χ1n) is 5.67. The number of thioether (sulfide) groups is 1. The minimum Gasteiger partial charge on any atom is -0.390 e. The van der Waals surface area contributed by atoms with Crippen LogP contribution in [0.3, 0.4) is 0 Å². The molecule has 0 saturated heterocycles. The second kappa shape index (κ2) is 7.14. The van der Waals surface area contributed by atoms with E-state index in [1.165, 1.54) is 6.92 Å². The molecule has 0 aromatic heterocycles. The van der Waals surface area contributed by atoms with E-state index < -0.39 is 12.2 Å². The molecule has 5 heteroatoms. The van der Waals surface area contributed by atoms with Crippen molar-refractivity contribution < 1.29 is 15.0 Å². The monoisotopic (exact) mass is 288 g/mol. The van der Waals surface area contributed by atoms with Crippen molar-refractivity contribution in [1.29, 1.82) is 0 Å². The third-order valence-corrected chi connectivity index (χ3v) is 3.73. The van der Waals surface area contributed by atoms with E-state index in [0.717, 1.165) is 17.3 Å². The number of carbonyl (C=O) groups is 1. The molecule has 2 unspecified atom stereocenters. The SMILES string of the molecule is CC(=O)SCCC(O)C(O)c1ccc(C)cc1Cl. The quantitative estimate of drug-likeness (QED) is 0.875. The Morgan fingerprint density at radius 2 is 2.11 bits per heavy atom. The first-order chi connectivity index (χ1) is 8.41. The summed E-state index contributed by atoms with van der Waals surface area (Å²) < 4.78 is 0. The van der Waals surface area contributed by atoms with Crippen LogP contribution in [0.5, 0.6) is 0 Å². The molecule has 0 bridgehead atoms. The van der Waals surface area contributed by atoms with Gasteiger partial charge in [-0.05, 0) is 25.0 Å². The number of aliphatic hydroxyl groups excluding tert-OH is 2. The number of halogens is 1. The fourth-order valence-electron chi connectivity index (χ4n) is 1.56. The zero-order valence-corrected chi connectivity index (χ0v) is 12.0. The van der Waals surface area contributed by atoms with E-state index in [4.69, 9.17) is 11.6 Å². The molecule has 0 aliphatic carbocycles. The molecule has 3 nitrogen and oxygen atoms in total. The third kappa shape index (κ3) is 4.61. The summed E-state index contributed by atoms with van der Waals surface area (Å²) in [5.74, 6) is 0.483. The lowest BCUT2D eigenvalue weighted by atomic mass is 10.0. The first-order valence-corrected chi connectivity index (χ1v) is 7.03. The summed E-state index contributed by atoms with van der Waals surface area (Å²) in [6.45, 7) is 3.38. The van der Waals surface area contributed by atoms with Crippen molar-refractivity contribution in [2.24, 2.45) is 0 Å². The van der Waals surface area contributed by atoms with E-state index in [1.54, 1.807) is 12.1 Å². The van der Waals surface area contributed by atoms with E-state index >= 15 is 0 Å². The lowest BCUT2D eigenvalue weighted by Crippen LogP contribution is -2.19. The van der Waals surface area contributed by atoms with Crippen molar-refractivity contribution in [3.05, 3.63) is 34.3 Å². The first kappa shape index (κ1) is 15.5. The Morgan fingerprint density at radius 1 is 1.44 bits per heavy atom. The van der Waals surface area contributed by atoms with Gasteiger partial charge in [-0.2, -0.15) is 0 Å². The lowest BCUT2D eigenvalue weighted by molar-refractivity contribution is -0.109. The zero-order chi connectivity index (χ0) is 13.7. The maximum atomic E-state index is 10.8. The van der Waals surface area contributed by atoms with Gasteiger partial charge < -0.3 is 10.2 Å². The second-order valence-corrected chi connectivity index (χ2v) is 5.84. The average molecular weight is 289 g/mol. The maximum Gasteiger partial charge on any atom is 0.185 e. The van der Waals surface area contributed by atoms with Crippen molar-refractivity contribution in [3.63, 3.8) is 0 Å². The summed E-state index contributed by atoms with van der Waals surface area (Å²) in [7, 11) is 0. The molecule has 100 valence electrons. The van der Waals surface area contributed by atoms with Crippen LogP contribution >= 0.6 is 23.4 Å². The van der Waals surface area contributed by atoms with E-state index in [0.29, 0.717) is 22.8 Å². The highest BCUT2D eigenvalue weighted by Gasteiger charge is 2.20. The minimum atomic E-state index is -1.02. The Kier molecular flexibility index (Phi) is 6.15. The number of hydrogen-bond acceptors (Lipinski definition) is 4. The van der Waals surface area contributed by atoms with Gasteiger partial charge in [0.15, 0.2) is 5.12 Å². The van der Waals surface area contributed by atoms with Gasteiger partial charge in [0.05, 0.1) is 6.10 Å². The molecule has 2 atom stereocenters. The van der Waals surface area contributed by atoms with E-state index in [-0.39, 0.29) is 5.12 Å². The zero-order valence-electron chi connectivity index (χ0n) is 10.4. The number of aliphatic hydroxyl groups is 2. The van der Waals surface area contributed by atoms with E-state index in [2.05, 4.69) is 0 Å². The van der Waals surface area contributed by atoms with E-state index in [9.17, 15) is 15.0 Å². The predicted molar refractivity (Wildman–Crippen MR) is 74.9 cm³/mol. The Bertz CT molecular complexity index is 423. The van der Waals surface area contributed by atoms with Gasteiger partial charge in [0, 0.05) is 23.3 Å². The maximum absolute atomic E-state index is 10.8. The van der Waals surface area contributed by atoms with Crippen LogP contribution in [0.4, 0.5) is 0 Å². The van der Waals surface area contributed by atoms with Crippen LogP contribution in [0.1, 0.15) is 30.6 Å². The Morgan fingerprint density at radius 3 is 2.67 bits per heavy atom. The third-order valence-electron chi connectivity index (χ3n) is 2.56. The number of aryl methyl sites for hydroxylation is 1. The molecule has 18 heavy (non-hydrogen) atoms. The number of rotatable bonds is 5. The van der Waals surface area contributed by atoms with Crippen molar-refractivity contribution in [1.82, 2.24) is 0 Å². The number of carbonyl (C=O) groups excluding carboxylic acids is 1. The highest BCUT2D eigenvalue weighted by molar-refractivity contribution is 8.13. The average Bonchev–Trinajstić information content (AvgIpc) is 2.27. The lowest BCUT2D eigenvalue weighted by Gasteiger charge is -2.19. The molecule has 0 aliphatic heterocycles. The fourth-order valence-corrected chi connectivity index (χ4v) is 2.55. The van der Waals surface area contributed by atoms with Gasteiger partial charge >= 0.3 is 0 Å². The van der Waals surface area contributed by atoms with Gasteiger partial charge in [0.25, 0.3) is 0 Å². The summed E-state index contributed by atoms with van der Waals surface area (Å²) in [5, 5.41) is 20.3. The normalized spacial score (nSPS) is 14.3. The van der Waals surface area contributed by atoms with Crippen LogP contribution in [-0.2, 0) is 4.79 Å². The fraction of sp³-hybridized carbons (Fsp3) is 0.462. The molecule has 0 radical (unpaired) electrons.